The van der Waals surface area contributed by atoms with Gasteiger partial charge >= 0.3 is 0 Å². The molecule has 3 heterocycles. The van der Waals surface area contributed by atoms with Gasteiger partial charge in [0.2, 0.25) is 0 Å². The van der Waals surface area contributed by atoms with Crippen LogP contribution in [-0.4, -0.2) is 9.55 Å². The largest absolute Gasteiger partial charge is 0.467 e. The number of hydrogen-bond acceptors (Lipinski definition) is 5. The highest BCUT2D eigenvalue weighted by molar-refractivity contribution is 7.98. The van der Waals surface area contributed by atoms with Crippen molar-refractivity contribution in [3.8, 4) is 0 Å². The maximum absolute atomic E-state index is 12.9. The summed E-state index contributed by atoms with van der Waals surface area (Å²) in [4.78, 5) is 18.8. The Hall–Kier alpha value is -2.02. The molecule has 0 aliphatic carbocycles. The zero-order chi connectivity index (χ0) is 17.2. The number of benzene rings is 1. The third-order valence-electron chi connectivity index (χ3n) is 3.69. The van der Waals surface area contributed by atoms with Crippen LogP contribution in [0.3, 0.4) is 0 Å². The molecule has 0 radical (unpaired) electrons. The quantitative estimate of drug-likeness (QED) is 0.355. The van der Waals surface area contributed by atoms with Crippen molar-refractivity contribution in [1.82, 2.24) is 9.55 Å². The number of thioether (sulfide) groups is 1. The first-order valence-corrected chi connectivity index (χ1v) is 9.78. The van der Waals surface area contributed by atoms with E-state index in [0.717, 1.165) is 15.0 Å². The first-order valence-electron chi connectivity index (χ1n) is 7.60. The molecule has 0 fully saturated rings. The molecular formula is C18H13ClN2O2S2. The van der Waals surface area contributed by atoms with E-state index < -0.39 is 0 Å². The van der Waals surface area contributed by atoms with Gasteiger partial charge in [0, 0.05) is 10.6 Å². The maximum Gasteiger partial charge on any atom is 0.262 e. The standard InChI is InChI=1S/C18H13ClN2O2S2/c19-16-8-7-13(25-16)11-24-18-20-15-6-2-1-5-14(15)17(22)21(18)10-12-4-3-9-23-12/h1-9H,10-11H2. The van der Waals surface area contributed by atoms with Gasteiger partial charge in [-0.2, -0.15) is 0 Å². The second kappa shape index (κ2) is 7.07. The number of aromatic nitrogens is 2. The van der Waals surface area contributed by atoms with Crippen molar-refractivity contribution in [2.24, 2.45) is 0 Å². The summed E-state index contributed by atoms with van der Waals surface area (Å²) in [7, 11) is 0. The molecule has 0 spiro atoms. The van der Waals surface area contributed by atoms with Crippen LogP contribution in [0.4, 0.5) is 0 Å². The van der Waals surface area contributed by atoms with E-state index in [-0.39, 0.29) is 5.56 Å². The topological polar surface area (TPSA) is 48.0 Å². The van der Waals surface area contributed by atoms with Crippen molar-refractivity contribution in [2.75, 3.05) is 0 Å². The SMILES string of the molecule is O=c1c2ccccc2nc(SCc2ccc(Cl)s2)n1Cc1ccco1. The van der Waals surface area contributed by atoms with Gasteiger partial charge in [0.1, 0.15) is 5.76 Å². The van der Waals surface area contributed by atoms with E-state index in [9.17, 15) is 4.79 Å². The fraction of sp³-hybridized carbons (Fsp3) is 0.111. The van der Waals surface area contributed by atoms with Crippen LogP contribution in [0.2, 0.25) is 4.34 Å². The molecule has 0 N–H and O–H groups in total. The first-order chi connectivity index (χ1) is 12.2. The monoisotopic (exact) mass is 388 g/mol. The molecule has 0 atom stereocenters. The van der Waals surface area contributed by atoms with Gasteiger partial charge in [0.15, 0.2) is 5.16 Å². The van der Waals surface area contributed by atoms with E-state index in [0.29, 0.717) is 28.4 Å². The van der Waals surface area contributed by atoms with Gasteiger partial charge in [-0.3, -0.25) is 9.36 Å². The number of furan rings is 1. The number of thiophene rings is 1. The zero-order valence-corrected chi connectivity index (χ0v) is 15.4. The highest BCUT2D eigenvalue weighted by Crippen LogP contribution is 2.28. The minimum Gasteiger partial charge on any atom is -0.467 e. The Morgan fingerprint density at radius 2 is 2.04 bits per heavy atom. The van der Waals surface area contributed by atoms with E-state index >= 15 is 0 Å². The molecule has 0 unspecified atom stereocenters. The Labute approximate surface area is 157 Å². The van der Waals surface area contributed by atoms with Gasteiger partial charge in [-0.15, -0.1) is 11.3 Å². The number of rotatable bonds is 5. The lowest BCUT2D eigenvalue weighted by atomic mass is 10.2. The van der Waals surface area contributed by atoms with E-state index in [1.165, 1.54) is 23.1 Å². The lowest BCUT2D eigenvalue weighted by Gasteiger charge is -2.11. The first kappa shape index (κ1) is 16.4. The van der Waals surface area contributed by atoms with Crippen molar-refractivity contribution >= 4 is 45.6 Å². The van der Waals surface area contributed by atoms with E-state index in [1.54, 1.807) is 16.9 Å². The van der Waals surface area contributed by atoms with Crippen molar-refractivity contribution < 1.29 is 4.42 Å². The third-order valence-corrected chi connectivity index (χ3v) is 6.13. The average Bonchev–Trinajstić information content (AvgIpc) is 3.27. The van der Waals surface area contributed by atoms with Gasteiger partial charge in [-0.25, -0.2) is 4.98 Å². The van der Waals surface area contributed by atoms with Crippen molar-refractivity contribution in [2.45, 2.75) is 17.5 Å². The minimum absolute atomic E-state index is 0.0614. The summed E-state index contributed by atoms with van der Waals surface area (Å²) in [6.07, 6.45) is 1.61. The molecule has 4 nitrogen and oxygen atoms in total. The molecule has 0 bridgehead atoms. The zero-order valence-electron chi connectivity index (χ0n) is 13.0. The van der Waals surface area contributed by atoms with Gasteiger partial charge in [0.25, 0.3) is 5.56 Å². The number of nitrogens with zero attached hydrogens (tertiary/aromatic N) is 2. The molecular weight excluding hydrogens is 376 g/mol. The summed E-state index contributed by atoms with van der Waals surface area (Å²) >= 11 is 9.06. The molecule has 0 amide bonds. The molecule has 3 aromatic heterocycles. The van der Waals surface area contributed by atoms with E-state index in [2.05, 4.69) is 0 Å². The lowest BCUT2D eigenvalue weighted by Crippen LogP contribution is -2.23. The Balaban J connectivity index is 1.75. The minimum atomic E-state index is -0.0614. The molecule has 0 aliphatic heterocycles. The highest BCUT2D eigenvalue weighted by atomic mass is 35.5. The molecule has 0 saturated carbocycles. The summed E-state index contributed by atoms with van der Waals surface area (Å²) in [6.45, 7) is 0.358. The van der Waals surface area contributed by atoms with Crippen LogP contribution in [-0.2, 0) is 12.3 Å². The van der Waals surface area contributed by atoms with Crippen LogP contribution in [0.15, 0.2) is 69.2 Å². The molecule has 4 aromatic rings. The van der Waals surface area contributed by atoms with Crippen molar-refractivity contribution in [3.63, 3.8) is 0 Å². The van der Waals surface area contributed by atoms with Crippen LogP contribution in [0.25, 0.3) is 10.9 Å². The number of para-hydroxylation sites is 1. The van der Waals surface area contributed by atoms with Gasteiger partial charge in [-0.05, 0) is 36.4 Å². The smallest absolute Gasteiger partial charge is 0.262 e. The number of halogens is 1. The number of hydrogen-bond donors (Lipinski definition) is 0. The van der Waals surface area contributed by atoms with Gasteiger partial charge in [0.05, 0.1) is 28.0 Å². The molecule has 0 aliphatic rings. The summed E-state index contributed by atoms with van der Waals surface area (Å²) in [6, 6.07) is 14.9. The van der Waals surface area contributed by atoms with E-state index in [1.807, 2.05) is 42.5 Å². The molecule has 1 aromatic carbocycles. The molecule has 25 heavy (non-hydrogen) atoms. The maximum atomic E-state index is 12.9. The lowest BCUT2D eigenvalue weighted by molar-refractivity contribution is 0.476. The van der Waals surface area contributed by atoms with Crippen LogP contribution >= 0.6 is 34.7 Å². The normalized spacial score (nSPS) is 11.2. The fourth-order valence-corrected chi connectivity index (χ4v) is 4.65. The van der Waals surface area contributed by atoms with E-state index in [4.69, 9.17) is 21.0 Å². The Kier molecular flexibility index (Phi) is 4.65. The summed E-state index contributed by atoms with van der Waals surface area (Å²) in [5.74, 6) is 1.43. The highest BCUT2D eigenvalue weighted by Gasteiger charge is 2.13. The Morgan fingerprint density at radius 3 is 2.80 bits per heavy atom. The van der Waals surface area contributed by atoms with Crippen molar-refractivity contribution in [1.29, 1.82) is 0 Å². The Bertz CT molecular complexity index is 1070. The van der Waals surface area contributed by atoms with Crippen LogP contribution in [0, 0.1) is 0 Å². The van der Waals surface area contributed by atoms with Gasteiger partial charge in [-0.1, -0.05) is 35.5 Å². The summed E-state index contributed by atoms with van der Waals surface area (Å²) in [5.41, 5.74) is 0.642. The fourth-order valence-electron chi connectivity index (χ4n) is 2.52. The molecule has 0 saturated heterocycles. The van der Waals surface area contributed by atoms with Gasteiger partial charge < -0.3 is 4.42 Å². The predicted molar refractivity (Wildman–Crippen MR) is 103 cm³/mol. The average molecular weight is 389 g/mol. The van der Waals surface area contributed by atoms with Crippen LogP contribution < -0.4 is 5.56 Å². The predicted octanol–water partition coefficient (Wildman–Crippen LogP) is 5.05. The molecule has 126 valence electrons. The van der Waals surface area contributed by atoms with Crippen LogP contribution in [0.1, 0.15) is 10.6 Å². The molecule has 4 rings (SSSR count). The second-order valence-electron chi connectivity index (χ2n) is 5.38. The number of fused-ring (bicyclic) bond motifs is 1. The second-order valence-corrected chi connectivity index (χ2v) is 8.12. The van der Waals surface area contributed by atoms with Crippen molar-refractivity contribution in [3.05, 3.63) is 80.1 Å². The third kappa shape index (κ3) is 3.51. The Morgan fingerprint density at radius 1 is 1.16 bits per heavy atom. The molecule has 7 heteroatoms. The van der Waals surface area contributed by atoms with Crippen LogP contribution in [0.5, 0.6) is 0 Å². The summed E-state index contributed by atoms with van der Waals surface area (Å²) < 4.78 is 7.84. The summed E-state index contributed by atoms with van der Waals surface area (Å²) in [5, 5.41) is 1.28.